The zero-order valence-corrected chi connectivity index (χ0v) is 19.2. The second-order valence-electron chi connectivity index (χ2n) is 8.60. The minimum atomic E-state index is -0.601. The zero-order chi connectivity index (χ0) is 23.3. The van der Waals surface area contributed by atoms with Crippen LogP contribution in [-0.4, -0.2) is 24.5 Å². The van der Waals surface area contributed by atoms with E-state index in [0.717, 1.165) is 22.4 Å². The average molecular weight is 432 g/mol. The van der Waals surface area contributed by atoms with Crippen molar-refractivity contribution in [3.05, 3.63) is 83.9 Å². The van der Waals surface area contributed by atoms with Crippen molar-refractivity contribution in [2.75, 3.05) is 11.9 Å². The van der Waals surface area contributed by atoms with Crippen LogP contribution < -0.4 is 9.64 Å². The number of hydrogen-bond acceptors (Lipinski definition) is 4. The third kappa shape index (κ3) is 5.97. The van der Waals surface area contributed by atoms with Gasteiger partial charge in [0, 0.05) is 25.2 Å². The number of benzene rings is 3. The van der Waals surface area contributed by atoms with Crippen molar-refractivity contribution in [2.24, 2.45) is 0 Å². The van der Waals surface area contributed by atoms with Crippen LogP contribution in [0.25, 0.3) is 11.1 Å². The van der Waals surface area contributed by atoms with E-state index < -0.39 is 5.60 Å². The van der Waals surface area contributed by atoms with Gasteiger partial charge in [0.15, 0.2) is 0 Å². The number of hydrogen-bond donors (Lipinski definition) is 0. The standard InChI is InChI=1S/C27H29NO4/c1-19(29)28(5)23-13-15-24(16-14-23)31-18-22-12-11-21(20-9-7-6-8-10-20)17-25(22)26(30)32-27(2,3)4/h6-17H,18H2,1-5H3. The van der Waals surface area contributed by atoms with Gasteiger partial charge in [-0.3, -0.25) is 4.79 Å². The summed E-state index contributed by atoms with van der Waals surface area (Å²) in [6.07, 6.45) is 0. The van der Waals surface area contributed by atoms with E-state index in [1.807, 2.05) is 81.4 Å². The Bertz CT molecular complexity index is 1080. The molecular formula is C27H29NO4. The van der Waals surface area contributed by atoms with Gasteiger partial charge in [0.2, 0.25) is 5.91 Å². The van der Waals surface area contributed by atoms with Gasteiger partial charge in [-0.25, -0.2) is 4.79 Å². The monoisotopic (exact) mass is 431 g/mol. The highest BCUT2D eigenvalue weighted by Crippen LogP contribution is 2.26. The fourth-order valence-electron chi connectivity index (χ4n) is 3.14. The van der Waals surface area contributed by atoms with Gasteiger partial charge in [-0.1, -0.05) is 42.5 Å². The number of esters is 1. The minimum Gasteiger partial charge on any atom is -0.489 e. The summed E-state index contributed by atoms with van der Waals surface area (Å²) in [5.74, 6) is 0.222. The number of amides is 1. The van der Waals surface area contributed by atoms with Gasteiger partial charge in [0.1, 0.15) is 18.0 Å². The molecule has 3 aromatic rings. The van der Waals surface area contributed by atoms with Crippen molar-refractivity contribution in [1.82, 2.24) is 0 Å². The lowest BCUT2D eigenvalue weighted by molar-refractivity contribution is -0.116. The molecule has 32 heavy (non-hydrogen) atoms. The number of ether oxygens (including phenoxy) is 2. The third-order valence-corrected chi connectivity index (χ3v) is 4.93. The summed E-state index contributed by atoms with van der Waals surface area (Å²) < 4.78 is 11.6. The molecule has 0 spiro atoms. The van der Waals surface area contributed by atoms with E-state index in [0.29, 0.717) is 11.3 Å². The first-order valence-corrected chi connectivity index (χ1v) is 10.5. The van der Waals surface area contributed by atoms with Crippen molar-refractivity contribution in [3.63, 3.8) is 0 Å². The van der Waals surface area contributed by atoms with Crippen LogP contribution in [0.3, 0.4) is 0 Å². The molecule has 0 radical (unpaired) electrons. The van der Waals surface area contributed by atoms with Crippen LogP contribution in [0.15, 0.2) is 72.8 Å². The molecule has 0 aliphatic heterocycles. The fourth-order valence-corrected chi connectivity index (χ4v) is 3.14. The van der Waals surface area contributed by atoms with E-state index in [1.54, 1.807) is 24.1 Å². The number of carbonyl (C=O) groups is 2. The second-order valence-corrected chi connectivity index (χ2v) is 8.60. The SMILES string of the molecule is CC(=O)N(C)c1ccc(OCc2ccc(-c3ccccc3)cc2C(=O)OC(C)(C)C)cc1. The summed E-state index contributed by atoms with van der Waals surface area (Å²) >= 11 is 0. The van der Waals surface area contributed by atoms with Gasteiger partial charge in [-0.15, -0.1) is 0 Å². The summed E-state index contributed by atoms with van der Waals surface area (Å²) in [5.41, 5.74) is 3.36. The van der Waals surface area contributed by atoms with Gasteiger partial charge >= 0.3 is 5.97 Å². The molecule has 0 heterocycles. The predicted octanol–water partition coefficient (Wildman–Crippen LogP) is 5.87. The molecule has 3 aromatic carbocycles. The maximum Gasteiger partial charge on any atom is 0.339 e. The molecule has 0 saturated carbocycles. The lowest BCUT2D eigenvalue weighted by Gasteiger charge is -2.21. The molecule has 5 nitrogen and oxygen atoms in total. The summed E-state index contributed by atoms with van der Waals surface area (Å²) in [6.45, 7) is 7.28. The Kier molecular flexibility index (Phi) is 6.98. The molecule has 0 aliphatic rings. The smallest absolute Gasteiger partial charge is 0.339 e. The highest BCUT2D eigenvalue weighted by Gasteiger charge is 2.21. The summed E-state index contributed by atoms with van der Waals surface area (Å²) in [4.78, 5) is 26.0. The number of carbonyl (C=O) groups excluding carboxylic acids is 2. The second kappa shape index (κ2) is 9.69. The Morgan fingerprint density at radius 3 is 2.12 bits per heavy atom. The Morgan fingerprint density at radius 2 is 1.53 bits per heavy atom. The molecule has 0 aromatic heterocycles. The minimum absolute atomic E-state index is 0.0424. The van der Waals surface area contributed by atoms with Crippen LogP contribution in [0, 0.1) is 0 Å². The molecule has 0 saturated heterocycles. The highest BCUT2D eigenvalue weighted by molar-refractivity contribution is 5.93. The number of nitrogens with zero attached hydrogens (tertiary/aromatic N) is 1. The van der Waals surface area contributed by atoms with Crippen LogP contribution in [-0.2, 0) is 16.1 Å². The fraction of sp³-hybridized carbons (Fsp3) is 0.259. The van der Waals surface area contributed by atoms with Crippen LogP contribution in [0.4, 0.5) is 5.69 Å². The topological polar surface area (TPSA) is 55.8 Å². The van der Waals surface area contributed by atoms with Crippen LogP contribution in [0.1, 0.15) is 43.6 Å². The molecule has 1 amide bonds. The first kappa shape index (κ1) is 23.1. The molecule has 0 aliphatic carbocycles. The largest absolute Gasteiger partial charge is 0.489 e. The lowest BCUT2D eigenvalue weighted by atomic mass is 9.99. The van der Waals surface area contributed by atoms with Gasteiger partial charge in [0.25, 0.3) is 0 Å². The van der Waals surface area contributed by atoms with Crippen molar-refractivity contribution in [1.29, 1.82) is 0 Å². The molecule has 3 rings (SSSR count). The van der Waals surface area contributed by atoms with E-state index >= 15 is 0 Å². The zero-order valence-electron chi connectivity index (χ0n) is 19.2. The molecule has 0 N–H and O–H groups in total. The normalized spacial score (nSPS) is 11.0. The van der Waals surface area contributed by atoms with E-state index in [4.69, 9.17) is 9.47 Å². The van der Waals surface area contributed by atoms with Crippen molar-refractivity contribution in [3.8, 4) is 16.9 Å². The molecule has 5 heteroatoms. The van der Waals surface area contributed by atoms with E-state index in [9.17, 15) is 9.59 Å². The van der Waals surface area contributed by atoms with Crippen molar-refractivity contribution < 1.29 is 19.1 Å². The van der Waals surface area contributed by atoms with E-state index in [1.165, 1.54) is 6.92 Å². The molecular weight excluding hydrogens is 402 g/mol. The molecule has 0 bridgehead atoms. The quantitative estimate of drug-likeness (QED) is 0.458. The first-order valence-electron chi connectivity index (χ1n) is 10.5. The maximum absolute atomic E-state index is 12.9. The summed E-state index contributed by atoms with van der Waals surface area (Å²) in [6, 6.07) is 22.9. The number of rotatable bonds is 6. The van der Waals surface area contributed by atoms with Crippen LogP contribution in [0.2, 0.25) is 0 Å². The Balaban J connectivity index is 1.84. The summed E-state index contributed by atoms with van der Waals surface area (Å²) in [5, 5.41) is 0. The van der Waals surface area contributed by atoms with E-state index in [-0.39, 0.29) is 18.5 Å². The van der Waals surface area contributed by atoms with Gasteiger partial charge in [-0.2, -0.15) is 0 Å². The van der Waals surface area contributed by atoms with Crippen LogP contribution in [0.5, 0.6) is 5.75 Å². The van der Waals surface area contributed by atoms with Gasteiger partial charge in [-0.05, 0) is 62.2 Å². The summed E-state index contributed by atoms with van der Waals surface area (Å²) in [7, 11) is 1.72. The highest BCUT2D eigenvalue weighted by atomic mass is 16.6. The molecule has 166 valence electrons. The van der Waals surface area contributed by atoms with Crippen molar-refractivity contribution in [2.45, 2.75) is 39.9 Å². The predicted molar refractivity (Wildman–Crippen MR) is 127 cm³/mol. The third-order valence-electron chi connectivity index (χ3n) is 4.93. The maximum atomic E-state index is 12.9. The Labute approximate surface area is 189 Å². The van der Waals surface area contributed by atoms with E-state index in [2.05, 4.69) is 0 Å². The van der Waals surface area contributed by atoms with Crippen molar-refractivity contribution >= 4 is 17.6 Å². The average Bonchev–Trinajstić information content (AvgIpc) is 2.77. The molecule has 0 atom stereocenters. The lowest BCUT2D eigenvalue weighted by Crippen LogP contribution is -2.24. The number of anilines is 1. The molecule has 0 fully saturated rings. The van der Waals surface area contributed by atoms with Crippen LogP contribution >= 0.6 is 0 Å². The van der Waals surface area contributed by atoms with Gasteiger partial charge < -0.3 is 14.4 Å². The molecule has 0 unspecified atom stereocenters. The first-order chi connectivity index (χ1) is 15.1. The Morgan fingerprint density at radius 1 is 0.875 bits per heavy atom. The Hall–Kier alpha value is -3.60. The van der Waals surface area contributed by atoms with Gasteiger partial charge in [0.05, 0.1) is 5.56 Å².